The average Bonchev–Trinajstić information content (AvgIpc) is 2.15. The Balaban J connectivity index is 3.11. The van der Waals surface area contributed by atoms with Gasteiger partial charge in [-0.2, -0.15) is 0 Å². The molecular formula is C10H11ClN2O2. The summed E-state index contributed by atoms with van der Waals surface area (Å²) in [6.45, 7) is 0. The Kier molecular flexibility index (Phi) is 3.68. The number of halogens is 1. The van der Waals surface area contributed by atoms with Crippen LogP contribution in [-0.2, 0) is 4.79 Å². The van der Waals surface area contributed by atoms with E-state index in [1.165, 1.54) is 12.4 Å². The fourth-order valence-corrected chi connectivity index (χ4v) is 1.16. The highest BCUT2D eigenvalue weighted by atomic mass is 35.5. The molecular weight excluding hydrogens is 216 g/mol. The van der Waals surface area contributed by atoms with Crippen molar-refractivity contribution < 1.29 is 9.90 Å². The normalized spacial score (nSPS) is 11.3. The Bertz CT molecular complexity index is 385. The molecule has 0 amide bonds. The molecule has 80 valence electrons. The number of carboxylic acid groups (broad SMARTS) is 1. The van der Waals surface area contributed by atoms with E-state index in [9.17, 15) is 4.79 Å². The number of hydrogen-bond donors (Lipinski definition) is 1. The molecule has 0 aliphatic heterocycles. The van der Waals surface area contributed by atoms with Gasteiger partial charge in [-0.05, 0) is 12.1 Å². The number of pyridine rings is 1. The lowest BCUT2D eigenvalue weighted by Crippen LogP contribution is -2.08. The van der Waals surface area contributed by atoms with Crippen LogP contribution in [-0.4, -0.2) is 35.1 Å². The second kappa shape index (κ2) is 4.79. The molecule has 0 unspecified atom stereocenters. The van der Waals surface area contributed by atoms with Gasteiger partial charge < -0.3 is 10.0 Å². The highest BCUT2D eigenvalue weighted by Crippen LogP contribution is 2.15. The van der Waals surface area contributed by atoms with Crippen LogP contribution in [0.1, 0.15) is 5.56 Å². The molecule has 1 aromatic rings. The SMILES string of the molecule is CN(C)/C=C(\C(=O)O)c1ccc(Cl)nc1. The van der Waals surface area contributed by atoms with Crippen molar-refractivity contribution in [2.24, 2.45) is 0 Å². The summed E-state index contributed by atoms with van der Waals surface area (Å²) in [5.41, 5.74) is 0.713. The molecule has 5 heteroatoms. The predicted octanol–water partition coefficient (Wildman–Crippen LogP) is 1.72. The topological polar surface area (TPSA) is 53.4 Å². The zero-order valence-corrected chi connectivity index (χ0v) is 9.19. The van der Waals surface area contributed by atoms with Gasteiger partial charge in [-0.3, -0.25) is 0 Å². The average molecular weight is 227 g/mol. The molecule has 1 heterocycles. The lowest BCUT2D eigenvalue weighted by molar-refractivity contribution is -0.130. The Hall–Kier alpha value is -1.55. The maximum atomic E-state index is 11.0. The van der Waals surface area contributed by atoms with Crippen LogP contribution >= 0.6 is 11.6 Å². The molecule has 1 N–H and O–H groups in total. The van der Waals surface area contributed by atoms with E-state index in [4.69, 9.17) is 16.7 Å². The number of carboxylic acids is 1. The Morgan fingerprint density at radius 1 is 1.53 bits per heavy atom. The van der Waals surface area contributed by atoms with Gasteiger partial charge in [-0.25, -0.2) is 9.78 Å². The van der Waals surface area contributed by atoms with E-state index in [2.05, 4.69) is 4.98 Å². The molecule has 15 heavy (non-hydrogen) atoms. The van der Waals surface area contributed by atoms with Gasteiger partial charge in [0.1, 0.15) is 5.15 Å². The molecule has 0 aromatic carbocycles. The minimum atomic E-state index is -0.993. The Labute approximate surface area is 92.8 Å². The number of carbonyl (C=O) groups is 1. The number of aliphatic carboxylic acids is 1. The molecule has 1 rings (SSSR count). The summed E-state index contributed by atoms with van der Waals surface area (Å²) in [6.07, 6.45) is 2.96. The number of rotatable bonds is 3. The van der Waals surface area contributed by atoms with E-state index in [0.717, 1.165) is 0 Å². The first-order chi connectivity index (χ1) is 7.00. The van der Waals surface area contributed by atoms with E-state index in [1.54, 1.807) is 31.1 Å². The predicted molar refractivity (Wildman–Crippen MR) is 58.5 cm³/mol. The van der Waals surface area contributed by atoms with Gasteiger partial charge >= 0.3 is 5.97 Å². The van der Waals surface area contributed by atoms with Gasteiger partial charge in [-0.15, -0.1) is 0 Å². The molecule has 0 aliphatic rings. The summed E-state index contributed by atoms with van der Waals surface area (Å²) >= 11 is 5.61. The molecule has 4 nitrogen and oxygen atoms in total. The maximum absolute atomic E-state index is 11.0. The molecule has 0 aliphatic carbocycles. The summed E-state index contributed by atoms with van der Waals surface area (Å²) in [5.74, 6) is -0.993. The van der Waals surface area contributed by atoms with Gasteiger partial charge in [0.2, 0.25) is 0 Å². The standard InChI is InChI=1S/C10H11ClN2O2/c1-13(2)6-8(10(14)15)7-3-4-9(11)12-5-7/h3-6H,1-2H3,(H,14,15)/b8-6-. The van der Waals surface area contributed by atoms with Gasteiger partial charge in [0.15, 0.2) is 0 Å². The lowest BCUT2D eigenvalue weighted by atomic mass is 10.1. The third kappa shape index (κ3) is 3.25. The summed E-state index contributed by atoms with van der Waals surface area (Å²) in [5, 5.41) is 9.33. The van der Waals surface area contributed by atoms with Gasteiger partial charge in [0.25, 0.3) is 0 Å². The summed E-state index contributed by atoms with van der Waals surface area (Å²) in [6, 6.07) is 3.18. The molecule has 0 saturated heterocycles. The van der Waals surface area contributed by atoms with Crippen molar-refractivity contribution in [3.05, 3.63) is 35.2 Å². The Morgan fingerprint density at radius 3 is 2.60 bits per heavy atom. The van der Waals surface area contributed by atoms with Crippen LogP contribution < -0.4 is 0 Å². The first-order valence-electron chi connectivity index (χ1n) is 4.24. The van der Waals surface area contributed by atoms with E-state index in [0.29, 0.717) is 10.7 Å². The van der Waals surface area contributed by atoms with E-state index < -0.39 is 5.97 Å². The maximum Gasteiger partial charge on any atom is 0.337 e. The Morgan fingerprint density at radius 2 is 2.20 bits per heavy atom. The van der Waals surface area contributed by atoms with Crippen LogP contribution in [0.5, 0.6) is 0 Å². The van der Waals surface area contributed by atoms with Crippen LogP contribution in [0.15, 0.2) is 24.5 Å². The first-order valence-corrected chi connectivity index (χ1v) is 4.62. The van der Waals surface area contributed by atoms with Crippen molar-refractivity contribution in [3.63, 3.8) is 0 Å². The number of aromatic nitrogens is 1. The van der Waals surface area contributed by atoms with Gasteiger partial charge in [-0.1, -0.05) is 11.6 Å². The van der Waals surface area contributed by atoms with Crippen molar-refractivity contribution in [1.82, 2.24) is 9.88 Å². The monoisotopic (exact) mass is 226 g/mol. The number of nitrogens with zero attached hydrogens (tertiary/aromatic N) is 2. The first kappa shape index (κ1) is 11.5. The fraction of sp³-hybridized carbons (Fsp3) is 0.200. The van der Waals surface area contributed by atoms with Crippen LogP contribution in [0.2, 0.25) is 5.15 Å². The third-order valence-electron chi connectivity index (χ3n) is 1.66. The molecule has 0 bridgehead atoms. The highest BCUT2D eigenvalue weighted by molar-refractivity contribution is 6.29. The van der Waals surface area contributed by atoms with Crippen LogP contribution in [0.25, 0.3) is 5.57 Å². The molecule has 0 radical (unpaired) electrons. The molecule has 0 atom stereocenters. The van der Waals surface area contributed by atoms with Crippen LogP contribution in [0, 0.1) is 0 Å². The lowest BCUT2D eigenvalue weighted by Gasteiger charge is -2.08. The largest absolute Gasteiger partial charge is 0.478 e. The van der Waals surface area contributed by atoms with E-state index >= 15 is 0 Å². The zero-order chi connectivity index (χ0) is 11.4. The quantitative estimate of drug-likeness (QED) is 0.630. The van der Waals surface area contributed by atoms with E-state index in [-0.39, 0.29) is 5.57 Å². The molecule has 0 saturated carbocycles. The fourth-order valence-electron chi connectivity index (χ4n) is 1.05. The van der Waals surface area contributed by atoms with Crippen molar-refractivity contribution >= 4 is 23.1 Å². The van der Waals surface area contributed by atoms with Crippen molar-refractivity contribution in [1.29, 1.82) is 0 Å². The second-order valence-electron chi connectivity index (χ2n) is 3.18. The van der Waals surface area contributed by atoms with Crippen molar-refractivity contribution in [2.45, 2.75) is 0 Å². The zero-order valence-electron chi connectivity index (χ0n) is 8.44. The molecule has 1 aromatic heterocycles. The smallest absolute Gasteiger partial charge is 0.337 e. The highest BCUT2D eigenvalue weighted by Gasteiger charge is 2.10. The summed E-state index contributed by atoms with van der Waals surface area (Å²) in [7, 11) is 3.51. The number of hydrogen-bond acceptors (Lipinski definition) is 3. The molecule has 0 fully saturated rings. The summed E-state index contributed by atoms with van der Waals surface area (Å²) < 4.78 is 0. The van der Waals surface area contributed by atoms with Gasteiger partial charge in [0, 0.05) is 32.1 Å². The minimum absolute atomic E-state index is 0.184. The van der Waals surface area contributed by atoms with E-state index in [1.807, 2.05) is 0 Å². The van der Waals surface area contributed by atoms with Crippen LogP contribution in [0.3, 0.4) is 0 Å². The summed E-state index contributed by atoms with van der Waals surface area (Å²) in [4.78, 5) is 16.5. The van der Waals surface area contributed by atoms with Crippen molar-refractivity contribution in [2.75, 3.05) is 14.1 Å². The van der Waals surface area contributed by atoms with Gasteiger partial charge in [0.05, 0.1) is 5.57 Å². The third-order valence-corrected chi connectivity index (χ3v) is 1.88. The second-order valence-corrected chi connectivity index (χ2v) is 3.57. The minimum Gasteiger partial charge on any atom is -0.478 e. The van der Waals surface area contributed by atoms with Crippen molar-refractivity contribution in [3.8, 4) is 0 Å². The van der Waals surface area contributed by atoms with Crippen LogP contribution in [0.4, 0.5) is 0 Å². The molecule has 0 spiro atoms.